The second kappa shape index (κ2) is 5.71. The van der Waals surface area contributed by atoms with Gasteiger partial charge in [0.05, 0.1) is 31.5 Å². The molecular weight excluding hydrogens is 254 g/mol. The second-order valence-electron chi connectivity index (χ2n) is 5.37. The van der Waals surface area contributed by atoms with Gasteiger partial charge in [-0.25, -0.2) is 0 Å². The van der Waals surface area contributed by atoms with Crippen molar-refractivity contribution in [2.75, 3.05) is 32.3 Å². The minimum Gasteiger partial charge on any atom is -0.495 e. The van der Waals surface area contributed by atoms with Crippen LogP contribution in [0.4, 0.5) is 5.69 Å². The van der Waals surface area contributed by atoms with E-state index < -0.39 is 0 Å². The van der Waals surface area contributed by atoms with Crippen LogP contribution in [0, 0.1) is 5.92 Å². The van der Waals surface area contributed by atoms with Crippen molar-refractivity contribution in [3.05, 3.63) is 24.3 Å². The molecule has 1 aromatic carbocycles. The lowest BCUT2D eigenvalue weighted by molar-refractivity contribution is 0.115. The molecule has 2 rings (SSSR count). The number of aliphatic imine (C=N–C) groups is 1. The van der Waals surface area contributed by atoms with Crippen molar-refractivity contribution >= 4 is 11.6 Å². The van der Waals surface area contributed by atoms with Crippen LogP contribution < -0.4 is 15.4 Å². The summed E-state index contributed by atoms with van der Waals surface area (Å²) in [6.45, 7) is 5.51. The third-order valence-electron chi connectivity index (χ3n) is 3.98. The third kappa shape index (κ3) is 2.22. The number of hydrogen-bond donors (Lipinski definition) is 1. The summed E-state index contributed by atoms with van der Waals surface area (Å²) in [4.78, 5) is 6.50. The van der Waals surface area contributed by atoms with Crippen molar-refractivity contribution in [3.8, 4) is 5.75 Å². The number of guanidine groups is 1. The van der Waals surface area contributed by atoms with Crippen LogP contribution in [0.2, 0.25) is 0 Å². The third-order valence-corrected chi connectivity index (χ3v) is 3.98. The predicted octanol–water partition coefficient (Wildman–Crippen LogP) is 1.87. The maximum absolute atomic E-state index is 6.14. The first kappa shape index (κ1) is 14.7. The molecule has 1 aliphatic rings. The highest BCUT2D eigenvalue weighted by Crippen LogP contribution is 2.39. The zero-order valence-electron chi connectivity index (χ0n) is 12.6. The molecule has 5 heteroatoms. The summed E-state index contributed by atoms with van der Waals surface area (Å²) in [6.07, 6.45) is 0. The molecule has 0 radical (unpaired) electrons. The Labute approximate surface area is 120 Å². The topological polar surface area (TPSA) is 60.1 Å². The first-order valence-corrected chi connectivity index (χ1v) is 6.79. The molecule has 0 saturated heterocycles. The molecule has 0 aliphatic carbocycles. The van der Waals surface area contributed by atoms with Crippen LogP contribution in [0.5, 0.6) is 5.75 Å². The van der Waals surface area contributed by atoms with E-state index in [0.717, 1.165) is 11.4 Å². The largest absolute Gasteiger partial charge is 0.495 e. The highest BCUT2D eigenvalue weighted by Gasteiger charge is 2.46. The van der Waals surface area contributed by atoms with Crippen molar-refractivity contribution in [2.45, 2.75) is 19.4 Å². The number of anilines is 1. The predicted molar refractivity (Wildman–Crippen MR) is 81.4 cm³/mol. The second-order valence-corrected chi connectivity index (χ2v) is 5.37. The number of methoxy groups -OCH3 is 2. The van der Waals surface area contributed by atoms with Crippen LogP contribution in [0.3, 0.4) is 0 Å². The lowest BCUT2D eigenvalue weighted by atomic mass is 9.85. The molecule has 0 spiro atoms. The molecular formula is C15H23N3O2. The van der Waals surface area contributed by atoms with Gasteiger partial charge >= 0.3 is 0 Å². The number of nitrogens with two attached hydrogens (primary N) is 1. The van der Waals surface area contributed by atoms with Crippen LogP contribution in [0.25, 0.3) is 0 Å². The summed E-state index contributed by atoms with van der Waals surface area (Å²) in [7, 11) is 3.37. The van der Waals surface area contributed by atoms with Crippen molar-refractivity contribution in [1.82, 2.24) is 0 Å². The molecule has 2 N–H and O–H groups in total. The zero-order chi connectivity index (χ0) is 14.8. The van der Waals surface area contributed by atoms with Gasteiger partial charge in [-0.05, 0) is 18.1 Å². The Morgan fingerprint density at radius 2 is 2.05 bits per heavy atom. The zero-order valence-corrected chi connectivity index (χ0v) is 12.6. The van der Waals surface area contributed by atoms with E-state index in [1.165, 1.54) is 0 Å². The molecule has 0 saturated carbocycles. The van der Waals surface area contributed by atoms with E-state index in [2.05, 4.69) is 23.7 Å². The van der Waals surface area contributed by atoms with Gasteiger partial charge in [-0.15, -0.1) is 0 Å². The molecule has 1 atom stereocenters. The van der Waals surface area contributed by atoms with Gasteiger partial charge in [0.15, 0.2) is 5.96 Å². The molecule has 1 aromatic rings. The van der Waals surface area contributed by atoms with Crippen LogP contribution in [-0.4, -0.2) is 38.9 Å². The molecule has 0 fully saturated rings. The Balaban J connectivity index is 2.52. The van der Waals surface area contributed by atoms with Gasteiger partial charge in [0.2, 0.25) is 0 Å². The highest BCUT2D eigenvalue weighted by atomic mass is 16.5. The smallest absolute Gasteiger partial charge is 0.196 e. The SMILES string of the molecule is COCC1(C(C)C)CN=C(N)N1c1ccccc1OC. The lowest BCUT2D eigenvalue weighted by Crippen LogP contribution is -2.58. The summed E-state index contributed by atoms with van der Waals surface area (Å²) in [5, 5.41) is 0. The molecule has 0 amide bonds. The summed E-state index contributed by atoms with van der Waals surface area (Å²) < 4.78 is 10.9. The fourth-order valence-electron chi connectivity index (χ4n) is 2.73. The molecule has 1 heterocycles. The lowest BCUT2D eigenvalue weighted by Gasteiger charge is -2.42. The Morgan fingerprint density at radius 1 is 1.35 bits per heavy atom. The number of ether oxygens (including phenoxy) is 2. The minimum absolute atomic E-state index is 0.270. The number of nitrogens with zero attached hydrogens (tertiary/aromatic N) is 2. The van der Waals surface area contributed by atoms with Crippen molar-refractivity contribution in [2.24, 2.45) is 16.6 Å². The van der Waals surface area contributed by atoms with Crippen LogP contribution in [-0.2, 0) is 4.74 Å². The van der Waals surface area contributed by atoms with Crippen molar-refractivity contribution in [1.29, 1.82) is 0 Å². The molecule has 110 valence electrons. The van der Waals surface area contributed by atoms with Gasteiger partial charge in [0.1, 0.15) is 5.75 Å². The first-order chi connectivity index (χ1) is 9.56. The standard InChI is InChI=1S/C15H23N3O2/c1-11(2)15(10-19-3)9-17-14(16)18(15)12-7-5-6-8-13(12)20-4/h5-8,11H,9-10H2,1-4H3,(H2,16,17). The van der Waals surface area contributed by atoms with E-state index in [1.807, 2.05) is 24.3 Å². The quantitative estimate of drug-likeness (QED) is 0.892. The minimum atomic E-state index is -0.270. The summed E-state index contributed by atoms with van der Waals surface area (Å²) in [5.41, 5.74) is 6.80. The van der Waals surface area contributed by atoms with Gasteiger partial charge in [0, 0.05) is 7.11 Å². The Morgan fingerprint density at radius 3 is 2.65 bits per heavy atom. The van der Waals surface area contributed by atoms with Crippen LogP contribution in [0.15, 0.2) is 29.3 Å². The van der Waals surface area contributed by atoms with E-state index in [-0.39, 0.29) is 5.54 Å². The molecule has 1 aliphatic heterocycles. The van der Waals surface area contributed by atoms with Gasteiger partial charge in [0.25, 0.3) is 0 Å². The van der Waals surface area contributed by atoms with E-state index >= 15 is 0 Å². The average molecular weight is 277 g/mol. The number of rotatable bonds is 5. The van der Waals surface area contributed by atoms with Crippen molar-refractivity contribution < 1.29 is 9.47 Å². The van der Waals surface area contributed by atoms with Gasteiger partial charge in [-0.3, -0.25) is 9.89 Å². The maximum atomic E-state index is 6.14. The number of hydrogen-bond acceptors (Lipinski definition) is 5. The summed E-state index contributed by atoms with van der Waals surface area (Å²) in [5.74, 6) is 1.63. The maximum Gasteiger partial charge on any atom is 0.196 e. The monoisotopic (exact) mass is 277 g/mol. The Hall–Kier alpha value is -1.75. The summed E-state index contributed by atoms with van der Waals surface area (Å²) in [6, 6.07) is 7.85. The number of benzene rings is 1. The van der Waals surface area contributed by atoms with Crippen LogP contribution in [0.1, 0.15) is 13.8 Å². The number of para-hydroxylation sites is 2. The highest BCUT2D eigenvalue weighted by molar-refractivity contribution is 5.99. The van der Waals surface area contributed by atoms with E-state index in [4.69, 9.17) is 15.2 Å². The van der Waals surface area contributed by atoms with E-state index in [9.17, 15) is 0 Å². The average Bonchev–Trinajstić information content (AvgIpc) is 2.77. The van der Waals surface area contributed by atoms with E-state index in [1.54, 1.807) is 14.2 Å². The fourth-order valence-corrected chi connectivity index (χ4v) is 2.73. The van der Waals surface area contributed by atoms with Gasteiger partial charge < -0.3 is 15.2 Å². The Bertz CT molecular complexity index is 502. The molecule has 20 heavy (non-hydrogen) atoms. The van der Waals surface area contributed by atoms with Crippen LogP contribution >= 0.6 is 0 Å². The first-order valence-electron chi connectivity index (χ1n) is 6.79. The normalized spacial score (nSPS) is 22.2. The molecule has 1 unspecified atom stereocenters. The van der Waals surface area contributed by atoms with Gasteiger partial charge in [-0.2, -0.15) is 0 Å². The molecule has 5 nitrogen and oxygen atoms in total. The fraction of sp³-hybridized carbons (Fsp3) is 0.533. The summed E-state index contributed by atoms with van der Waals surface area (Å²) >= 11 is 0. The molecule has 0 bridgehead atoms. The Kier molecular flexibility index (Phi) is 4.18. The van der Waals surface area contributed by atoms with E-state index in [0.29, 0.717) is 25.0 Å². The molecule has 0 aromatic heterocycles. The van der Waals surface area contributed by atoms with Crippen molar-refractivity contribution in [3.63, 3.8) is 0 Å². The van der Waals surface area contributed by atoms with Gasteiger partial charge in [-0.1, -0.05) is 26.0 Å².